The Labute approximate surface area is 293 Å². The Morgan fingerprint density at radius 3 is 2.04 bits per heavy atom. The summed E-state index contributed by atoms with van der Waals surface area (Å²) < 4.78 is 18.1. The Balaban J connectivity index is 0.000000171. The molecule has 0 N–H and O–H groups in total. The number of nitrogens with zero attached hydrogens (tertiary/aromatic N) is 5. The quantitative estimate of drug-likeness (QED) is 0.167. The molecular formula is C41H34FIrN5-2. The largest absolute Gasteiger partial charge is 0.340 e. The second kappa shape index (κ2) is 13.3. The second-order valence-electron chi connectivity index (χ2n) is 12.2. The summed E-state index contributed by atoms with van der Waals surface area (Å²) in [7, 11) is 0. The summed E-state index contributed by atoms with van der Waals surface area (Å²) in [6.45, 7) is 12.7. The van der Waals surface area contributed by atoms with Crippen LogP contribution in [-0.4, -0.2) is 23.9 Å². The SMILES string of the molecule is Cc1cc(C)c(-c2nc3cc(F)c[c-]c3c3nc4ccccc4n23)c(C)c1.Cc1cc(C)c(-n2ccnc2-c2[c-]cccc2)c(C)c1.[Ir]. The fourth-order valence-corrected chi connectivity index (χ4v) is 6.77. The number of benzene rings is 5. The molecule has 3 heterocycles. The number of halogens is 1. The van der Waals surface area contributed by atoms with E-state index >= 15 is 0 Å². The van der Waals surface area contributed by atoms with Gasteiger partial charge in [0.05, 0.1) is 22.5 Å². The van der Waals surface area contributed by atoms with Crippen molar-refractivity contribution in [3.05, 3.63) is 149 Å². The molecule has 8 aromatic rings. The van der Waals surface area contributed by atoms with Crippen LogP contribution in [0.4, 0.5) is 4.39 Å². The van der Waals surface area contributed by atoms with E-state index in [1.807, 2.05) is 60.9 Å². The predicted octanol–water partition coefficient (Wildman–Crippen LogP) is 9.83. The minimum absolute atomic E-state index is 0. The van der Waals surface area contributed by atoms with Crippen molar-refractivity contribution in [3.63, 3.8) is 0 Å². The molecule has 0 saturated carbocycles. The number of hydrogen-bond donors (Lipinski definition) is 0. The molecule has 0 amide bonds. The van der Waals surface area contributed by atoms with E-state index in [9.17, 15) is 4.39 Å². The van der Waals surface area contributed by atoms with Crippen molar-refractivity contribution in [3.8, 4) is 28.5 Å². The van der Waals surface area contributed by atoms with E-state index in [0.717, 1.165) is 56.0 Å². The van der Waals surface area contributed by atoms with Gasteiger partial charge in [0.1, 0.15) is 5.82 Å². The molecule has 0 aliphatic rings. The molecule has 3 aromatic heterocycles. The maximum Gasteiger partial charge on any atom is 0.128 e. The van der Waals surface area contributed by atoms with Crippen LogP contribution in [0.5, 0.6) is 0 Å². The first-order valence-corrected chi connectivity index (χ1v) is 15.6. The van der Waals surface area contributed by atoms with Gasteiger partial charge in [0.25, 0.3) is 0 Å². The maximum absolute atomic E-state index is 13.9. The number of aryl methyl sites for hydroxylation is 6. The van der Waals surface area contributed by atoms with Gasteiger partial charge in [-0.25, -0.2) is 0 Å². The van der Waals surface area contributed by atoms with Gasteiger partial charge in [-0.1, -0.05) is 59.0 Å². The Hall–Kier alpha value is -4.97. The van der Waals surface area contributed by atoms with Crippen LogP contribution in [0.3, 0.4) is 0 Å². The number of hydrogen-bond acceptors (Lipinski definition) is 3. The van der Waals surface area contributed by atoms with Crippen molar-refractivity contribution in [1.82, 2.24) is 23.9 Å². The molecule has 0 spiro atoms. The third-order valence-corrected chi connectivity index (χ3v) is 8.48. The Morgan fingerprint density at radius 1 is 0.688 bits per heavy atom. The van der Waals surface area contributed by atoms with E-state index in [1.54, 1.807) is 0 Å². The van der Waals surface area contributed by atoms with E-state index < -0.39 is 0 Å². The molecule has 0 aliphatic carbocycles. The molecular weight excluding hydrogens is 774 g/mol. The summed E-state index contributed by atoms with van der Waals surface area (Å²) in [6, 6.07) is 33.7. The Bertz CT molecular complexity index is 2400. The summed E-state index contributed by atoms with van der Waals surface area (Å²) in [5, 5.41) is 0.721. The van der Waals surface area contributed by atoms with Crippen LogP contribution < -0.4 is 0 Å². The molecule has 5 aromatic carbocycles. The standard InChI is InChI=1S/C23H17FN3.C18H17N2.Ir/c1-13-10-14(2)21(15(3)11-13)23-26-19-12-16(24)8-9-17(19)22-25-18-6-4-5-7-20(18)27(22)23;1-13-11-14(2)17(15(3)12-13)20-10-9-19-18(20)16-7-5-4-6-8-16;/h4-8,10-12H,1-3H3;4-7,9-12H,1-3H3;/q2*-1;. The number of rotatable bonds is 3. The molecule has 0 atom stereocenters. The molecule has 48 heavy (non-hydrogen) atoms. The molecule has 7 heteroatoms. The van der Waals surface area contributed by atoms with E-state index in [2.05, 4.69) is 91.9 Å². The molecule has 5 nitrogen and oxygen atoms in total. The first-order chi connectivity index (χ1) is 22.7. The molecule has 0 aliphatic heterocycles. The smallest absolute Gasteiger partial charge is 0.128 e. The molecule has 0 unspecified atom stereocenters. The molecule has 0 saturated heterocycles. The fraction of sp³-hybridized carbons (Fsp3) is 0.146. The van der Waals surface area contributed by atoms with Gasteiger partial charge in [0, 0.05) is 49.6 Å². The van der Waals surface area contributed by atoms with E-state index in [1.165, 1.54) is 40.1 Å². The average Bonchev–Trinajstić information content (AvgIpc) is 3.66. The summed E-state index contributed by atoms with van der Waals surface area (Å²) in [6.07, 6.45) is 3.86. The van der Waals surface area contributed by atoms with E-state index in [0.29, 0.717) is 5.52 Å². The van der Waals surface area contributed by atoms with Crippen molar-refractivity contribution < 1.29 is 24.5 Å². The van der Waals surface area contributed by atoms with Crippen LogP contribution in [0.25, 0.3) is 56.0 Å². The third-order valence-electron chi connectivity index (χ3n) is 8.48. The molecule has 241 valence electrons. The van der Waals surface area contributed by atoms with Crippen LogP contribution in [0.15, 0.2) is 97.3 Å². The van der Waals surface area contributed by atoms with Crippen LogP contribution in [0.1, 0.15) is 33.4 Å². The topological polar surface area (TPSA) is 48.0 Å². The number of fused-ring (bicyclic) bond motifs is 5. The van der Waals surface area contributed by atoms with Gasteiger partial charge in [0.2, 0.25) is 0 Å². The van der Waals surface area contributed by atoms with Crippen molar-refractivity contribution in [1.29, 1.82) is 0 Å². The van der Waals surface area contributed by atoms with Gasteiger partial charge in [-0.2, -0.15) is 0 Å². The number of imidazole rings is 2. The Kier molecular flexibility index (Phi) is 9.11. The predicted molar refractivity (Wildman–Crippen MR) is 188 cm³/mol. The summed E-state index contributed by atoms with van der Waals surface area (Å²) in [5.41, 5.74) is 13.7. The number of para-hydroxylation sites is 2. The zero-order valence-electron chi connectivity index (χ0n) is 27.7. The Morgan fingerprint density at radius 2 is 1.35 bits per heavy atom. The molecule has 8 rings (SSSR count). The van der Waals surface area contributed by atoms with Gasteiger partial charge >= 0.3 is 0 Å². The van der Waals surface area contributed by atoms with Gasteiger partial charge in [0.15, 0.2) is 0 Å². The zero-order valence-corrected chi connectivity index (χ0v) is 30.1. The van der Waals surface area contributed by atoms with Crippen molar-refractivity contribution in [2.75, 3.05) is 0 Å². The molecule has 0 bridgehead atoms. The summed E-state index contributed by atoms with van der Waals surface area (Å²) in [5.74, 6) is 1.36. The van der Waals surface area contributed by atoms with Crippen LogP contribution >= 0.6 is 0 Å². The van der Waals surface area contributed by atoms with E-state index in [4.69, 9.17) is 9.97 Å². The maximum atomic E-state index is 13.9. The molecule has 0 fully saturated rings. The number of aromatic nitrogens is 5. The van der Waals surface area contributed by atoms with Gasteiger partial charge in [-0.15, -0.1) is 48.0 Å². The van der Waals surface area contributed by atoms with E-state index in [-0.39, 0.29) is 25.9 Å². The first kappa shape index (κ1) is 33.0. The van der Waals surface area contributed by atoms with Crippen molar-refractivity contribution >= 4 is 27.6 Å². The average molecular weight is 808 g/mol. The van der Waals surface area contributed by atoms with Gasteiger partial charge in [-0.3, -0.25) is 19.3 Å². The van der Waals surface area contributed by atoms with Crippen LogP contribution in [-0.2, 0) is 20.1 Å². The minimum atomic E-state index is -0.348. The fourth-order valence-electron chi connectivity index (χ4n) is 6.77. The second-order valence-corrected chi connectivity index (χ2v) is 12.2. The van der Waals surface area contributed by atoms with Gasteiger partial charge < -0.3 is 8.97 Å². The third kappa shape index (κ3) is 5.96. The summed E-state index contributed by atoms with van der Waals surface area (Å²) >= 11 is 0. The zero-order chi connectivity index (χ0) is 32.8. The van der Waals surface area contributed by atoms with Crippen LogP contribution in [0, 0.1) is 59.5 Å². The monoisotopic (exact) mass is 808 g/mol. The molecule has 1 radical (unpaired) electrons. The normalized spacial score (nSPS) is 11.1. The van der Waals surface area contributed by atoms with Crippen molar-refractivity contribution in [2.45, 2.75) is 41.5 Å². The minimum Gasteiger partial charge on any atom is -0.340 e. The van der Waals surface area contributed by atoms with Crippen LogP contribution in [0.2, 0.25) is 0 Å². The summed E-state index contributed by atoms with van der Waals surface area (Å²) in [4.78, 5) is 14.2. The van der Waals surface area contributed by atoms with Gasteiger partial charge in [-0.05, 0) is 81.4 Å². The van der Waals surface area contributed by atoms with Crippen molar-refractivity contribution in [2.24, 2.45) is 0 Å². The first-order valence-electron chi connectivity index (χ1n) is 15.6.